The Morgan fingerprint density at radius 3 is 2.50 bits per heavy atom. The Balaban J connectivity index is 1.19. The second-order valence-electron chi connectivity index (χ2n) is 19.9. The van der Waals surface area contributed by atoms with Crippen molar-refractivity contribution < 1.29 is 57.7 Å². The van der Waals surface area contributed by atoms with E-state index in [0.717, 1.165) is 23.4 Å². The summed E-state index contributed by atoms with van der Waals surface area (Å²) in [6, 6.07) is 1.92. The average molecular weight is 893 g/mol. The van der Waals surface area contributed by atoms with Gasteiger partial charge in [-0.25, -0.2) is 4.79 Å². The van der Waals surface area contributed by atoms with E-state index in [0.29, 0.717) is 30.4 Å². The second kappa shape index (κ2) is 19.0. The van der Waals surface area contributed by atoms with Crippen molar-refractivity contribution in [3.8, 4) is 0 Å². The molecule has 3 fully saturated rings. The predicted octanol–water partition coefficient (Wildman–Crippen LogP) is 6.64. The fourth-order valence-corrected chi connectivity index (χ4v) is 10.6. The van der Waals surface area contributed by atoms with Crippen LogP contribution in [0.15, 0.2) is 65.3 Å². The van der Waals surface area contributed by atoms with Crippen molar-refractivity contribution in [1.29, 1.82) is 0 Å². The first kappa shape index (κ1) is 48.5. The summed E-state index contributed by atoms with van der Waals surface area (Å²) in [5.41, 5.74) is 0.669. The summed E-state index contributed by atoms with van der Waals surface area (Å²) in [6.45, 7) is 21.5. The lowest BCUT2D eigenvalue weighted by molar-refractivity contribution is -0.300. The van der Waals surface area contributed by atoms with Gasteiger partial charge in [-0.2, -0.15) is 5.10 Å². The van der Waals surface area contributed by atoms with Crippen LogP contribution in [-0.4, -0.2) is 118 Å². The molecule has 0 radical (unpaired) electrons. The first-order valence-electron chi connectivity index (χ1n) is 23.3. The third-order valence-corrected chi connectivity index (χ3v) is 14.5. The SMILES string of the molecule is CCC(C)[C@H]1OC2(C=C[C@@H]1C)C[C@@H]1C[C@@H](C/C=C(\C)[C@@H](OC3C[C@H](OC)[C@@H](OC(=O)C(C)(C)n4nc(C)cc4C)[C@H](C)O3)[C@@H](C)/C=C/C=C3\CO[C@@H]4[C@H](O)C(C)=CC(C(=O)O1)[C@]34O)O2. The normalized spacial score (nSPS) is 42.1. The zero-order valence-corrected chi connectivity index (χ0v) is 39.8. The molecule has 2 bridgehead atoms. The molecule has 1 spiro atoms. The van der Waals surface area contributed by atoms with Gasteiger partial charge >= 0.3 is 11.9 Å². The Kier molecular flexibility index (Phi) is 14.4. The van der Waals surface area contributed by atoms with Crippen molar-refractivity contribution in [1.82, 2.24) is 9.78 Å². The number of nitrogens with zero attached hydrogens (tertiary/aromatic N) is 2. The van der Waals surface area contributed by atoms with Crippen LogP contribution in [0.1, 0.15) is 106 Å². The topological polar surface area (TPSA) is 166 Å². The van der Waals surface area contributed by atoms with Gasteiger partial charge in [-0.3, -0.25) is 9.48 Å². The minimum atomic E-state index is -1.85. The Morgan fingerprint density at radius 2 is 1.81 bits per heavy atom. The number of aromatic nitrogens is 2. The van der Waals surface area contributed by atoms with Crippen LogP contribution < -0.4 is 0 Å². The van der Waals surface area contributed by atoms with Crippen molar-refractivity contribution in [3.05, 3.63) is 76.7 Å². The van der Waals surface area contributed by atoms with Crippen LogP contribution in [0.3, 0.4) is 0 Å². The van der Waals surface area contributed by atoms with E-state index < -0.39 is 89.9 Å². The van der Waals surface area contributed by atoms with Crippen LogP contribution in [-0.2, 0) is 53.0 Å². The van der Waals surface area contributed by atoms with Crippen molar-refractivity contribution in [2.75, 3.05) is 13.7 Å². The molecule has 6 heterocycles. The number of hydrogen-bond donors (Lipinski definition) is 2. The van der Waals surface area contributed by atoms with Gasteiger partial charge in [-0.15, -0.1) is 0 Å². The largest absolute Gasteiger partial charge is 0.462 e. The highest BCUT2D eigenvalue weighted by molar-refractivity contribution is 5.79. The lowest BCUT2D eigenvalue weighted by Gasteiger charge is -2.48. The molecule has 1 aliphatic carbocycles. The summed E-state index contributed by atoms with van der Waals surface area (Å²) in [6.07, 6.45) is 9.57. The molecule has 2 N–H and O–H groups in total. The molecule has 0 amide bonds. The number of aryl methyl sites for hydroxylation is 2. The van der Waals surface area contributed by atoms with Crippen molar-refractivity contribution in [3.63, 3.8) is 0 Å². The summed E-state index contributed by atoms with van der Waals surface area (Å²) in [4.78, 5) is 28.1. The van der Waals surface area contributed by atoms with E-state index in [1.54, 1.807) is 44.7 Å². The molecule has 3 saturated heterocycles. The second-order valence-corrected chi connectivity index (χ2v) is 19.9. The molecule has 7 rings (SSSR count). The minimum absolute atomic E-state index is 0.0211. The third kappa shape index (κ3) is 9.40. The number of fused-ring (bicyclic) bond motifs is 2. The van der Waals surface area contributed by atoms with Crippen LogP contribution >= 0.6 is 0 Å². The smallest absolute Gasteiger partial charge is 0.333 e. The number of carbonyl (C=O) groups is 2. The summed E-state index contributed by atoms with van der Waals surface area (Å²) >= 11 is 0. The number of ether oxygens (including phenoxy) is 8. The van der Waals surface area contributed by atoms with Crippen LogP contribution in [0.5, 0.6) is 0 Å². The molecule has 6 aliphatic rings. The number of allylic oxidation sites excluding steroid dienone is 2. The molecular formula is C50H72N2O12. The maximum absolute atomic E-state index is 14.4. The average Bonchev–Trinajstić information content (AvgIpc) is 3.78. The van der Waals surface area contributed by atoms with E-state index in [2.05, 4.69) is 38.0 Å². The highest BCUT2D eigenvalue weighted by Gasteiger charge is 2.60. The number of methoxy groups -OCH3 is 1. The first-order valence-corrected chi connectivity index (χ1v) is 23.3. The zero-order valence-electron chi connectivity index (χ0n) is 39.8. The van der Waals surface area contributed by atoms with Crippen molar-refractivity contribution in [2.24, 2.45) is 23.7 Å². The van der Waals surface area contributed by atoms with Crippen LogP contribution in [0, 0.1) is 37.5 Å². The molecule has 0 aromatic carbocycles. The van der Waals surface area contributed by atoms with E-state index in [1.807, 2.05) is 58.9 Å². The number of rotatable bonds is 8. The molecule has 5 aliphatic heterocycles. The highest BCUT2D eigenvalue weighted by atomic mass is 16.7. The molecule has 4 unspecified atom stereocenters. The van der Waals surface area contributed by atoms with Crippen molar-refractivity contribution in [2.45, 2.75) is 186 Å². The van der Waals surface area contributed by atoms with Gasteiger partial charge < -0.3 is 48.1 Å². The van der Waals surface area contributed by atoms with Gasteiger partial charge in [-0.1, -0.05) is 70.6 Å². The number of hydrogen-bond acceptors (Lipinski definition) is 13. The third-order valence-electron chi connectivity index (χ3n) is 14.5. The fourth-order valence-electron chi connectivity index (χ4n) is 10.6. The fraction of sp³-hybridized carbons (Fsp3) is 0.700. The van der Waals surface area contributed by atoms with Gasteiger partial charge in [0.05, 0.1) is 36.7 Å². The van der Waals surface area contributed by atoms with E-state index in [1.165, 1.54) is 0 Å². The summed E-state index contributed by atoms with van der Waals surface area (Å²) in [5.74, 6) is -3.08. The summed E-state index contributed by atoms with van der Waals surface area (Å²) in [5, 5.41) is 28.3. The van der Waals surface area contributed by atoms with Crippen molar-refractivity contribution >= 4 is 11.9 Å². The number of esters is 2. The first-order chi connectivity index (χ1) is 30.2. The van der Waals surface area contributed by atoms with Gasteiger partial charge in [0.2, 0.25) is 0 Å². The molecule has 1 aromatic heterocycles. The monoisotopic (exact) mass is 893 g/mol. The van der Waals surface area contributed by atoms with E-state index in [9.17, 15) is 19.8 Å². The molecule has 64 heavy (non-hydrogen) atoms. The maximum Gasteiger partial charge on any atom is 0.333 e. The van der Waals surface area contributed by atoms with Gasteiger partial charge in [0.25, 0.3) is 0 Å². The lowest BCUT2D eigenvalue weighted by atomic mass is 9.71. The van der Waals surface area contributed by atoms with Gasteiger partial charge in [0.1, 0.15) is 35.9 Å². The number of carbonyl (C=O) groups excluding carboxylic acids is 2. The van der Waals surface area contributed by atoms with Gasteiger partial charge in [0.15, 0.2) is 23.7 Å². The van der Waals surface area contributed by atoms with E-state index >= 15 is 0 Å². The highest BCUT2D eigenvalue weighted by Crippen LogP contribution is 2.47. The Morgan fingerprint density at radius 1 is 1.06 bits per heavy atom. The molecule has 0 saturated carbocycles. The lowest BCUT2D eigenvalue weighted by Crippen LogP contribution is -2.58. The van der Waals surface area contributed by atoms with Gasteiger partial charge in [-0.05, 0) is 89.7 Å². The minimum Gasteiger partial charge on any atom is -0.462 e. The van der Waals surface area contributed by atoms with E-state index in [4.69, 9.17) is 37.9 Å². The summed E-state index contributed by atoms with van der Waals surface area (Å²) < 4.78 is 53.5. The van der Waals surface area contributed by atoms with Crippen LogP contribution in [0.2, 0.25) is 0 Å². The number of aliphatic hydroxyl groups is 2. The number of aliphatic hydroxyl groups excluding tert-OH is 1. The molecule has 1 aromatic rings. The standard InChI is InChI=1S/C50H72N2O12/c1-13-27(2)43-30(5)19-20-49(64-43)25-37-23-36(63-49)18-17-29(4)42(28(3)15-14-16-35-26-58-45-41(53)31(6)21-38(46(54)60-37)50(35,45)56)61-40-24-39(57-12)44(34(9)59-40)62-47(55)48(10,11)52-33(8)22-32(7)51-52/h14-17,19-22,27-28,30,34,36-45,53,56H,13,18,23-26H2,1-12H3/b15-14+,29-17+,35-16+/t27?,28-,30-,34-,36+,37-,38?,39-,40?,41+,42-,43+,44-,45+,49?,50+/m0/s1. The molecule has 14 heteroatoms. The zero-order chi connectivity index (χ0) is 46.5. The predicted molar refractivity (Wildman–Crippen MR) is 238 cm³/mol. The van der Waals surface area contributed by atoms with Gasteiger partial charge in [0, 0.05) is 43.9 Å². The van der Waals surface area contributed by atoms with Crippen LogP contribution in [0.4, 0.5) is 0 Å². The Bertz CT molecular complexity index is 2040. The molecule has 16 atom stereocenters. The van der Waals surface area contributed by atoms with Crippen LogP contribution in [0.25, 0.3) is 0 Å². The Hall–Kier alpha value is -3.47. The van der Waals surface area contributed by atoms with E-state index in [-0.39, 0.29) is 36.9 Å². The maximum atomic E-state index is 14.4. The molecule has 354 valence electrons. The molecular weight excluding hydrogens is 821 g/mol. The molecule has 14 nitrogen and oxygen atoms in total. The quantitative estimate of drug-likeness (QED) is 0.211. The summed E-state index contributed by atoms with van der Waals surface area (Å²) in [7, 11) is 1.60. The Labute approximate surface area is 379 Å².